The fourth-order valence-corrected chi connectivity index (χ4v) is 3.23. The molecule has 4 aromatic rings. The lowest BCUT2D eigenvalue weighted by Gasteiger charge is -2.13. The molecule has 0 saturated heterocycles. The van der Waals surface area contributed by atoms with Crippen molar-refractivity contribution in [3.8, 4) is 23.2 Å². The lowest BCUT2D eigenvalue weighted by Crippen LogP contribution is -2.05. The van der Waals surface area contributed by atoms with E-state index in [9.17, 15) is 13.2 Å². The summed E-state index contributed by atoms with van der Waals surface area (Å²) in [6.07, 6.45) is 0. The average molecular weight is 393 g/mol. The molecule has 0 radical (unpaired) electrons. The van der Waals surface area contributed by atoms with Crippen LogP contribution in [-0.2, 0) is 6.54 Å². The van der Waals surface area contributed by atoms with Crippen molar-refractivity contribution in [1.82, 2.24) is 9.55 Å². The summed E-state index contributed by atoms with van der Waals surface area (Å²) in [5.41, 5.74) is 1.62. The smallest absolute Gasteiger partial charge is 0.161 e. The minimum absolute atomic E-state index is 0.00644. The Balaban J connectivity index is 1.95. The standard InChI is InChI=1S/C22H14F3N3O/c1-29-21-5-3-2-4-15(21)22-27-19-9-17(24)18(25)10-20(19)28(22)12-14-7-6-13(11-26)8-16(14)23/h2-10H,12H2,1H3. The first-order chi connectivity index (χ1) is 14.0. The van der Waals surface area contributed by atoms with E-state index in [1.54, 1.807) is 28.8 Å². The van der Waals surface area contributed by atoms with Crippen LogP contribution in [-0.4, -0.2) is 16.7 Å². The first-order valence-corrected chi connectivity index (χ1v) is 8.69. The summed E-state index contributed by atoms with van der Waals surface area (Å²) < 4.78 is 49.2. The minimum atomic E-state index is -1.02. The molecule has 0 fully saturated rings. The number of methoxy groups -OCH3 is 1. The van der Waals surface area contributed by atoms with Gasteiger partial charge in [-0.3, -0.25) is 0 Å². The zero-order valence-electron chi connectivity index (χ0n) is 15.3. The molecule has 0 N–H and O–H groups in total. The molecule has 4 rings (SSSR count). The van der Waals surface area contributed by atoms with Crippen molar-refractivity contribution in [1.29, 1.82) is 5.26 Å². The number of aromatic nitrogens is 2. The maximum absolute atomic E-state index is 14.5. The van der Waals surface area contributed by atoms with Crippen molar-refractivity contribution in [3.05, 3.63) is 83.2 Å². The van der Waals surface area contributed by atoms with Crippen LogP contribution in [0.25, 0.3) is 22.4 Å². The molecule has 3 aromatic carbocycles. The number of imidazole rings is 1. The van der Waals surface area contributed by atoms with Crippen molar-refractivity contribution in [2.75, 3.05) is 7.11 Å². The molecule has 0 saturated carbocycles. The number of ether oxygens (including phenoxy) is 1. The van der Waals surface area contributed by atoms with Gasteiger partial charge in [0.25, 0.3) is 0 Å². The van der Waals surface area contributed by atoms with Crippen LogP contribution in [0.2, 0.25) is 0 Å². The highest BCUT2D eigenvalue weighted by Crippen LogP contribution is 2.33. The third-order valence-corrected chi connectivity index (χ3v) is 4.65. The highest BCUT2D eigenvalue weighted by atomic mass is 19.2. The number of hydrogen-bond donors (Lipinski definition) is 0. The molecule has 144 valence electrons. The van der Waals surface area contributed by atoms with Gasteiger partial charge in [0.2, 0.25) is 0 Å². The van der Waals surface area contributed by atoms with Crippen molar-refractivity contribution in [3.63, 3.8) is 0 Å². The fourth-order valence-electron chi connectivity index (χ4n) is 3.23. The number of rotatable bonds is 4. The summed E-state index contributed by atoms with van der Waals surface area (Å²) in [6.45, 7) is 0.00644. The van der Waals surface area contributed by atoms with E-state index in [1.807, 2.05) is 6.07 Å². The van der Waals surface area contributed by atoms with Gasteiger partial charge in [0.05, 0.1) is 41.9 Å². The molecule has 7 heteroatoms. The van der Waals surface area contributed by atoms with Gasteiger partial charge in [0, 0.05) is 17.7 Å². The number of hydrogen-bond acceptors (Lipinski definition) is 3. The Morgan fingerprint density at radius 1 is 1.00 bits per heavy atom. The highest BCUT2D eigenvalue weighted by Gasteiger charge is 2.19. The third kappa shape index (κ3) is 3.29. The Hall–Kier alpha value is -3.79. The molecular weight excluding hydrogens is 379 g/mol. The first-order valence-electron chi connectivity index (χ1n) is 8.69. The first kappa shape index (κ1) is 18.6. The second kappa shape index (κ2) is 7.32. The predicted molar refractivity (Wildman–Crippen MR) is 102 cm³/mol. The monoisotopic (exact) mass is 393 g/mol. The average Bonchev–Trinajstić information content (AvgIpc) is 3.06. The second-order valence-corrected chi connectivity index (χ2v) is 6.39. The van der Waals surface area contributed by atoms with Crippen LogP contribution < -0.4 is 4.74 Å². The number of halogens is 3. The molecule has 0 bridgehead atoms. The van der Waals surface area contributed by atoms with E-state index >= 15 is 0 Å². The van der Waals surface area contributed by atoms with Gasteiger partial charge in [-0.1, -0.05) is 18.2 Å². The lowest BCUT2D eigenvalue weighted by atomic mass is 10.1. The van der Waals surface area contributed by atoms with Crippen LogP contribution in [0.4, 0.5) is 13.2 Å². The number of para-hydroxylation sites is 1. The van der Waals surface area contributed by atoms with Crippen LogP contribution in [0.3, 0.4) is 0 Å². The molecule has 0 aliphatic rings. The van der Waals surface area contributed by atoms with Crippen molar-refractivity contribution in [2.45, 2.75) is 6.54 Å². The van der Waals surface area contributed by atoms with Crippen LogP contribution in [0, 0.1) is 28.8 Å². The molecule has 0 aliphatic carbocycles. The molecule has 4 nitrogen and oxygen atoms in total. The molecule has 0 spiro atoms. The van der Waals surface area contributed by atoms with Gasteiger partial charge in [-0.05, 0) is 24.3 Å². The predicted octanol–water partition coefficient (Wildman–Crippen LogP) is 5.05. The summed E-state index contributed by atoms with van der Waals surface area (Å²) in [4.78, 5) is 4.45. The molecular formula is C22H14F3N3O. The Morgan fingerprint density at radius 3 is 2.48 bits per heavy atom. The van der Waals surface area contributed by atoms with E-state index < -0.39 is 17.5 Å². The number of benzene rings is 3. The normalized spacial score (nSPS) is 10.9. The molecule has 0 aliphatic heterocycles. The Morgan fingerprint density at radius 2 is 1.76 bits per heavy atom. The maximum Gasteiger partial charge on any atom is 0.161 e. The molecule has 1 heterocycles. The molecule has 0 unspecified atom stereocenters. The van der Waals surface area contributed by atoms with E-state index in [0.29, 0.717) is 22.7 Å². The van der Waals surface area contributed by atoms with Gasteiger partial charge in [0.15, 0.2) is 11.6 Å². The molecule has 1 aromatic heterocycles. The second-order valence-electron chi connectivity index (χ2n) is 6.39. The van der Waals surface area contributed by atoms with Gasteiger partial charge in [0.1, 0.15) is 17.4 Å². The summed E-state index contributed by atoms with van der Waals surface area (Å²) in [5, 5.41) is 8.93. The Labute approximate surface area is 164 Å². The zero-order valence-corrected chi connectivity index (χ0v) is 15.3. The maximum atomic E-state index is 14.5. The molecule has 29 heavy (non-hydrogen) atoms. The fraction of sp³-hybridized carbons (Fsp3) is 0.0909. The summed E-state index contributed by atoms with van der Waals surface area (Å²) in [5.74, 6) is -1.71. The summed E-state index contributed by atoms with van der Waals surface area (Å²) >= 11 is 0. The highest BCUT2D eigenvalue weighted by molar-refractivity contribution is 5.82. The molecule has 0 atom stereocenters. The van der Waals surface area contributed by atoms with E-state index in [0.717, 1.165) is 18.2 Å². The van der Waals surface area contributed by atoms with E-state index in [2.05, 4.69) is 4.98 Å². The number of fused-ring (bicyclic) bond motifs is 1. The van der Waals surface area contributed by atoms with E-state index in [4.69, 9.17) is 10.00 Å². The topological polar surface area (TPSA) is 50.8 Å². The zero-order chi connectivity index (χ0) is 20.5. The minimum Gasteiger partial charge on any atom is -0.496 e. The van der Waals surface area contributed by atoms with E-state index in [-0.39, 0.29) is 23.2 Å². The van der Waals surface area contributed by atoms with Crippen LogP contribution in [0.5, 0.6) is 5.75 Å². The van der Waals surface area contributed by atoms with Crippen LogP contribution in [0.1, 0.15) is 11.1 Å². The van der Waals surface area contributed by atoms with Crippen molar-refractivity contribution in [2.24, 2.45) is 0 Å². The Bertz CT molecular complexity index is 1270. The van der Waals surface area contributed by atoms with Gasteiger partial charge < -0.3 is 9.30 Å². The lowest BCUT2D eigenvalue weighted by molar-refractivity contribution is 0.416. The quantitative estimate of drug-likeness (QED) is 0.488. The third-order valence-electron chi connectivity index (χ3n) is 4.65. The summed E-state index contributed by atoms with van der Waals surface area (Å²) in [6, 6.07) is 15.1. The van der Waals surface area contributed by atoms with Gasteiger partial charge in [-0.2, -0.15) is 5.26 Å². The van der Waals surface area contributed by atoms with Gasteiger partial charge in [-0.15, -0.1) is 0 Å². The molecule has 0 amide bonds. The van der Waals surface area contributed by atoms with Crippen LogP contribution in [0.15, 0.2) is 54.6 Å². The largest absolute Gasteiger partial charge is 0.496 e. The number of nitriles is 1. The van der Waals surface area contributed by atoms with Crippen molar-refractivity contribution >= 4 is 11.0 Å². The summed E-state index contributed by atoms with van der Waals surface area (Å²) in [7, 11) is 1.51. The van der Waals surface area contributed by atoms with Gasteiger partial charge >= 0.3 is 0 Å². The Kier molecular flexibility index (Phi) is 4.69. The number of nitrogens with zero attached hydrogens (tertiary/aromatic N) is 3. The van der Waals surface area contributed by atoms with Gasteiger partial charge in [-0.25, -0.2) is 18.2 Å². The van der Waals surface area contributed by atoms with Crippen LogP contribution >= 0.6 is 0 Å². The van der Waals surface area contributed by atoms with Crippen molar-refractivity contribution < 1.29 is 17.9 Å². The SMILES string of the molecule is COc1ccccc1-c1nc2cc(F)c(F)cc2n1Cc1ccc(C#N)cc1F. The van der Waals surface area contributed by atoms with E-state index in [1.165, 1.54) is 19.2 Å².